The average Bonchev–Trinajstić information content (AvgIpc) is 1.81. The zero-order valence-electron chi connectivity index (χ0n) is 59.9. The SMILES string of the molecule is CCCCCCCCCCCCCC(=O)O[C@H](COC(=O)CCCCCCC)COP(=O)(O)OC[C@H](O)COP(=O)(O)OC[C@@H](COC(=O)CCCCCCCCCCCCCCCCCC(C)C)OC(=O)CCCCCCCCCCCCCCCCCC(C)C. The van der Waals surface area contributed by atoms with Gasteiger partial charge in [0.05, 0.1) is 26.4 Å². The summed E-state index contributed by atoms with van der Waals surface area (Å²) < 4.78 is 68.2. The smallest absolute Gasteiger partial charge is 0.462 e. The molecule has 0 aromatic rings. The molecule has 0 fully saturated rings. The summed E-state index contributed by atoms with van der Waals surface area (Å²) in [6.45, 7) is 9.54. The van der Waals surface area contributed by atoms with Gasteiger partial charge in [0.15, 0.2) is 12.2 Å². The Hall–Kier alpha value is -1.94. The molecule has 0 aliphatic rings. The second-order valence-corrected chi connectivity index (χ2v) is 30.2. The molecule has 92 heavy (non-hydrogen) atoms. The van der Waals surface area contributed by atoms with Crippen molar-refractivity contribution in [3.8, 4) is 0 Å². The molecule has 0 heterocycles. The van der Waals surface area contributed by atoms with Crippen LogP contribution >= 0.6 is 15.6 Å². The number of hydrogen-bond donors (Lipinski definition) is 3. The summed E-state index contributed by atoms with van der Waals surface area (Å²) in [7, 11) is -9.89. The van der Waals surface area contributed by atoms with Crippen molar-refractivity contribution in [2.45, 2.75) is 394 Å². The highest BCUT2D eigenvalue weighted by Gasteiger charge is 2.30. The van der Waals surface area contributed by atoms with Gasteiger partial charge in [-0.2, -0.15) is 0 Å². The summed E-state index contributed by atoms with van der Waals surface area (Å²) >= 11 is 0. The van der Waals surface area contributed by atoms with Gasteiger partial charge in [0.25, 0.3) is 0 Å². The average molecular weight is 1350 g/mol. The van der Waals surface area contributed by atoms with E-state index >= 15 is 0 Å². The summed E-state index contributed by atoms with van der Waals surface area (Å²) in [5.41, 5.74) is 0. The molecule has 17 nitrogen and oxygen atoms in total. The minimum Gasteiger partial charge on any atom is -0.462 e. The van der Waals surface area contributed by atoms with Crippen molar-refractivity contribution in [1.29, 1.82) is 0 Å². The molecule has 0 aromatic carbocycles. The van der Waals surface area contributed by atoms with Crippen molar-refractivity contribution in [2.24, 2.45) is 11.8 Å². The van der Waals surface area contributed by atoms with E-state index in [2.05, 4.69) is 41.5 Å². The van der Waals surface area contributed by atoms with Crippen molar-refractivity contribution >= 4 is 39.5 Å². The van der Waals surface area contributed by atoms with Gasteiger partial charge in [0.2, 0.25) is 0 Å². The number of phosphoric acid groups is 2. The quantitative estimate of drug-likeness (QED) is 0.0222. The molecule has 0 radical (unpaired) electrons. The van der Waals surface area contributed by atoms with Gasteiger partial charge in [0.1, 0.15) is 19.3 Å². The minimum absolute atomic E-state index is 0.106. The Balaban J connectivity index is 5.14. The van der Waals surface area contributed by atoms with E-state index in [1.54, 1.807) is 0 Å². The Morgan fingerprint density at radius 2 is 0.500 bits per heavy atom. The number of ether oxygens (including phenoxy) is 4. The van der Waals surface area contributed by atoms with Gasteiger partial charge in [-0.15, -0.1) is 0 Å². The number of rotatable bonds is 72. The molecule has 3 N–H and O–H groups in total. The maximum Gasteiger partial charge on any atom is 0.472 e. The van der Waals surface area contributed by atoms with Crippen molar-refractivity contribution in [3.05, 3.63) is 0 Å². The predicted octanol–water partition coefficient (Wildman–Crippen LogP) is 21.2. The van der Waals surface area contributed by atoms with Crippen LogP contribution in [0.25, 0.3) is 0 Å². The molecule has 5 atom stereocenters. The topological polar surface area (TPSA) is 237 Å². The lowest BCUT2D eigenvalue weighted by molar-refractivity contribution is -0.161. The third-order valence-electron chi connectivity index (χ3n) is 17.0. The Bertz CT molecular complexity index is 1790. The minimum atomic E-state index is -4.95. The van der Waals surface area contributed by atoms with Gasteiger partial charge in [0, 0.05) is 25.7 Å². The molecular formula is C73H142O17P2. The van der Waals surface area contributed by atoms with Gasteiger partial charge in [-0.05, 0) is 37.5 Å². The molecule has 0 amide bonds. The summed E-state index contributed by atoms with van der Waals surface area (Å²) in [6.07, 6.45) is 51.7. The second-order valence-electron chi connectivity index (χ2n) is 27.3. The molecule has 0 bridgehead atoms. The number of unbranched alkanes of at least 4 members (excludes halogenated alkanes) is 42. The molecule has 0 spiro atoms. The fraction of sp³-hybridized carbons (Fsp3) is 0.945. The van der Waals surface area contributed by atoms with Crippen molar-refractivity contribution in [3.63, 3.8) is 0 Å². The number of aliphatic hydroxyl groups excluding tert-OH is 1. The highest BCUT2D eigenvalue weighted by molar-refractivity contribution is 7.47. The lowest BCUT2D eigenvalue weighted by Gasteiger charge is -2.21. The van der Waals surface area contributed by atoms with E-state index in [-0.39, 0.29) is 25.7 Å². The zero-order chi connectivity index (χ0) is 67.9. The van der Waals surface area contributed by atoms with Crippen LogP contribution in [-0.2, 0) is 65.4 Å². The third kappa shape index (κ3) is 66.7. The number of carbonyl (C=O) groups excluding carboxylic acids is 4. The molecule has 0 aliphatic heterocycles. The molecule has 19 heteroatoms. The van der Waals surface area contributed by atoms with E-state index in [1.165, 1.54) is 186 Å². The Labute approximate surface area is 562 Å². The standard InChI is InChI=1S/C73H142O17P2/c1-7-9-11-13-14-15-26-34-39-45-51-57-72(77)89-68(61-83-70(75)55-49-41-12-10-8-2)63-87-91(79,80)85-59-67(74)60-86-92(81,82)88-64-69(90-73(78)58-52-46-40-35-30-25-21-17-19-23-28-32-37-43-48-54-66(5)6)62-84-71(76)56-50-44-38-33-29-24-20-16-18-22-27-31-36-42-47-53-65(3)4/h65-69,74H,7-64H2,1-6H3,(H,79,80)(H,81,82)/t67-,68+,69+/m0/s1. The van der Waals surface area contributed by atoms with Gasteiger partial charge in [-0.3, -0.25) is 37.3 Å². The largest absolute Gasteiger partial charge is 0.472 e. The van der Waals surface area contributed by atoms with Crippen LogP contribution < -0.4 is 0 Å². The fourth-order valence-electron chi connectivity index (χ4n) is 11.1. The summed E-state index contributed by atoms with van der Waals surface area (Å²) in [4.78, 5) is 72.4. The van der Waals surface area contributed by atoms with E-state index in [1.807, 2.05) is 0 Å². The van der Waals surface area contributed by atoms with Crippen LogP contribution in [0.5, 0.6) is 0 Å². The first-order valence-electron chi connectivity index (χ1n) is 38.0. The van der Waals surface area contributed by atoms with Crippen molar-refractivity contribution < 1.29 is 80.2 Å². The number of phosphoric ester groups is 2. The lowest BCUT2D eigenvalue weighted by atomic mass is 10.0. The highest BCUT2D eigenvalue weighted by atomic mass is 31.2. The van der Waals surface area contributed by atoms with Crippen molar-refractivity contribution in [2.75, 3.05) is 39.6 Å². The first kappa shape index (κ1) is 90.1. The molecule has 0 saturated carbocycles. The van der Waals surface area contributed by atoms with Gasteiger partial charge < -0.3 is 33.8 Å². The first-order chi connectivity index (χ1) is 44.4. The molecule has 0 aromatic heterocycles. The third-order valence-corrected chi connectivity index (χ3v) is 18.9. The molecule has 0 rings (SSSR count). The maximum absolute atomic E-state index is 13.1. The second kappa shape index (κ2) is 65.0. The highest BCUT2D eigenvalue weighted by Crippen LogP contribution is 2.45. The van der Waals surface area contributed by atoms with E-state index in [0.29, 0.717) is 25.7 Å². The van der Waals surface area contributed by atoms with Crippen LogP contribution in [0.15, 0.2) is 0 Å². The van der Waals surface area contributed by atoms with Crippen LogP contribution in [0.4, 0.5) is 0 Å². The van der Waals surface area contributed by atoms with Crippen molar-refractivity contribution in [1.82, 2.24) is 0 Å². The van der Waals surface area contributed by atoms with Crippen LogP contribution in [0.3, 0.4) is 0 Å². The Kier molecular flexibility index (Phi) is 63.7. The van der Waals surface area contributed by atoms with E-state index in [0.717, 1.165) is 108 Å². The van der Waals surface area contributed by atoms with E-state index in [9.17, 15) is 43.2 Å². The molecule has 0 aliphatic carbocycles. The predicted molar refractivity (Wildman–Crippen MR) is 372 cm³/mol. The number of esters is 4. The van der Waals surface area contributed by atoms with Crippen LogP contribution in [0, 0.1) is 11.8 Å². The fourth-order valence-corrected chi connectivity index (χ4v) is 12.7. The van der Waals surface area contributed by atoms with E-state index in [4.69, 9.17) is 37.0 Å². The van der Waals surface area contributed by atoms with Crippen LogP contribution in [0.2, 0.25) is 0 Å². The molecule has 2 unspecified atom stereocenters. The van der Waals surface area contributed by atoms with Gasteiger partial charge in [-0.25, -0.2) is 9.13 Å². The normalized spacial score (nSPS) is 14.1. The summed E-state index contributed by atoms with van der Waals surface area (Å²) in [5.74, 6) is -0.522. The maximum atomic E-state index is 13.1. The summed E-state index contributed by atoms with van der Waals surface area (Å²) in [5, 5.41) is 10.6. The Morgan fingerprint density at radius 1 is 0.293 bits per heavy atom. The van der Waals surface area contributed by atoms with Gasteiger partial charge in [-0.1, -0.05) is 324 Å². The van der Waals surface area contributed by atoms with E-state index < -0.39 is 97.5 Å². The number of carbonyl (C=O) groups is 4. The van der Waals surface area contributed by atoms with Crippen LogP contribution in [0.1, 0.15) is 375 Å². The van der Waals surface area contributed by atoms with Gasteiger partial charge >= 0.3 is 39.5 Å². The first-order valence-corrected chi connectivity index (χ1v) is 41.0. The molecular weight excluding hydrogens is 1210 g/mol. The summed E-state index contributed by atoms with van der Waals surface area (Å²) in [6, 6.07) is 0. The molecule has 0 saturated heterocycles. The molecule has 546 valence electrons. The monoisotopic (exact) mass is 1350 g/mol. The Morgan fingerprint density at radius 3 is 0.739 bits per heavy atom. The number of aliphatic hydroxyl groups is 1. The lowest BCUT2D eigenvalue weighted by Crippen LogP contribution is -2.30. The van der Waals surface area contributed by atoms with Crippen LogP contribution in [-0.4, -0.2) is 96.7 Å². The number of hydrogen-bond acceptors (Lipinski definition) is 15. The zero-order valence-corrected chi connectivity index (χ0v) is 61.6.